The number of benzene rings is 1. The van der Waals surface area contributed by atoms with Gasteiger partial charge >= 0.3 is 0 Å². The maximum Gasteiger partial charge on any atom is 0.125 e. The molecule has 3 atom stereocenters. The Kier molecular flexibility index (Phi) is 7.54. The zero-order valence-corrected chi connectivity index (χ0v) is 15.9. The second kappa shape index (κ2) is 9.41. The Bertz CT molecular complexity index is 480. The van der Waals surface area contributed by atoms with Crippen LogP contribution >= 0.6 is 0 Å². The summed E-state index contributed by atoms with van der Waals surface area (Å²) < 4.78 is 13.6. The largest absolute Gasteiger partial charge is 0.366 e. The van der Waals surface area contributed by atoms with E-state index in [4.69, 9.17) is 0 Å². The molecule has 136 valence electrons. The van der Waals surface area contributed by atoms with Crippen LogP contribution in [0.4, 0.5) is 10.1 Å². The lowest BCUT2D eigenvalue weighted by molar-refractivity contribution is 0.310. The maximum atomic E-state index is 13.6. The van der Waals surface area contributed by atoms with Crippen molar-refractivity contribution >= 4 is 5.69 Å². The molecular weight excluding hydrogens is 299 g/mol. The van der Waals surface area contributed by atoms with Crippen molar-refractivity contribution in [3.8, 4) is 0 Å². The van der Waals surface area contributed by atoms with E-state index < -0.39 is 0 Å². The third-order valence-electron chi connectivity index (χ3n) is 5.49. The van der Waals surface area contributed by atoms with Crippen LogP contribution in [0, 0.1) is 17.7 Å². The zero-order chi connectivity index (χ0) is 17.5. The van der Waals surface area contributed by atoms with Gasteiger partial charge in [-0.15, -0.1) is 0 Å². The van der Waals surface area contributed by atoms with Gasteiger partial charge < -0.3 is 10.2 Å². The van der Waals surface area contributed by atoms with Gasteiger partial charge in [-0.05, 0) is 76.2 Å². The van der Waals surface area contributed by atoms with Crippen molar-refractivity contribution in [1.82, 2.24) is 5.32 Å². The molecule has 3 rings (SSSR count). The quantitative estimate of drug-likeness (QED) is 0.792. The molecule has 3 heteroatoms. The fourth-order valence-electron chi connectivity index (χ4n) is 3.41. The summed E-state index contributed by atoms with van der Waals surface area (Å²) in [5.74, 6) is 1.57. The highest BCUT2D eigenvalue weighted by atomic mass is 19.1. The van der Waals surface area contributed by atoms with Crippen molar-refractivity contribution in [3.05, 3.63) is 30.1 Å². The molecule has 1 N–H and O–H groups in total. The van der Waals surface area contributed by atoms with Crippen molar-refractivity contribution in [2.75, 3.05) is 18.0 Å². The van der Waals surface area contributed by atoms with Crippen LogP contribution < -0.4 is 10.2 Å². The lowest BCUT2D eigenvalue weighted by Crippen LogP contribution is -2.48. The molecule has 0 bridgehead atoms. The molecule has 2 fully saturated rings. The smallest absolute Gasteiger partial charge is 0.125 e. The van der Waals surface area contributed by atoms with E-state index in [1.54, 1.807) is 6.07 Å². The van der Waals surface area contributed by atoms with Gasteiger partial charge in [0.2, 0.25) is 0 Å². The molecule has 1 heterocycles. The molecule has 0 aromatic heterocycles. The van der Waals surface area contributed by atoms with Crippen molar-refractivity contribution in [2.24, 2.45) is 11.8 Å². The molecule has 1 aromatic rings. The monoisotopic (exact) mass is 334 g/mol. The molecule has 1 aromatic carbocycles. The molecular formula is C21H35FN2. The first-order chi connectivity index (χ1) is 11.5. The van der Waals surface area contributed by atoms with Gasteiger partial charge in [0.15, 0.2) is 0 Å². The van der Waals surface area contributed by atoms with Crippen LogP contribution in [0.3, 0.4) is 0 Å². The minimum absolute atomic E-state index is 0.148. The summed E-state index contributed by atoms with van der Waals surface area (Å²) in [7, 11) is 0. The second-order valence-electron chi connectivity index (χ2n) is 7.67. The van der Waals surface area contributed by atoms with Gasteiger partial charge in [0.1, 0.15) is 5.82 Å². The molecule has 0 amide bonds. The van der Waals surface area contributed by atoms with Crippen LogP contribution in [0.1, 0.15) is 59.8 Å². The van der Waals surface area contributed by atoms with Gasteiger partial charge in [-0.3, -0.25) is 0 Å². The highest BCUT2D eigenvalue weighted by molar-refractivity contribution is 5.48. The van der Waals surface area contributed by atoms with E-state index in [9.17, 15) is 4.39 Å². The first-order valence-electron chi connectivity index (χ1n) is 9.77. The molecule has 1 aliphatic carbocycles. The van der Waals surface area contributed by atoms with Crippen LogP contribution in [0.2, 0.25) is 0 Å². The Balaban J connectivity index is 0.000000454. The van der Waals surface area contributed by atoms with E-state index in [1.165, 1.54) is 31.7 Å². The fourth-order valence-corrected chi connectivity index (χ4v) is 3.41. The Hall–Kier alpha value is -1.09. The van der Waals surface area contributed by atoms with E-state index in [-0.39, 0.29) is 5.82 Å². The number of piperidine rings is 1. The van der Waals surface area contributed by atoms with Crippen LogP contribution in [-0.2, 0) is 0 Å². The number of anilines is 1. The average molecular weight is 335 g/mol. The van der Waals surface area contributed by atoms with E-state index in [2.05, 4.69) is 37.9 Å². The highest BCUT2D eigenvalue weighted by Gasteiger charge is 2.28. The minimum atomic E-state index is -0.148. The summed E-state index contributed by atoms with van der Waals surface area (Å²) in [4.78, 5) is 2.40. The molecule has 2 nitrogen and oxygen atoms in total. The molecule has 3 unspecified atom stereocenters. The van der Waals surface area contributed by atoms with Gasteiger partial charge in [-0.1, -0.05) is 32.8 Å². The van der Waals surface area contributed by atoms with Crippen LogP contribution in [0.5, 0.6) is 0 Å². The fraction of sp³-hybridized carbons (Fsp3) is 0.714. The maximum absolute atomic E-state index is 13.6. The number of halogens is 1. The summed E-state index contributed by atoms with van der Waals surface area (Å²) in [5, 5.41) is 3.49. The normalized spacial score (nSPS) is 23.0. The standard InChI is InChI=1S/C17H27FN2.C4H8/c1-4-13(2)20(17-9-5-8-16(18)11-17)14(3)15-7-6-10-19-12-15;1-4-2-3-4/h5,8-9,11,13-15,19H,4,6-7,10,12H2,1-3H3;4H,2-3H2,1H3. The number of nitrogens with zero attached hydrogens (tertiary/aromatic N) is 1. The lowest BCUT2D eigenvalue weighted by Gasteiger charge is -2.42. The summed E-state index contributed by atoms with van der Waals surface area (Å²) in [5.41, 5.74) is 1.01. The first-order valence-corrected chi connectivity index (χ1v) is 9.77. The predicted molar refractivity (Wildman–Crippen MR) is 102 cm³/mol. The van der Waals surface area contributed by atoms with E-state index >= 15 is 0 Å². The van der Waals surface area contributed by atoms with Gasteiger partial charge in [0.05, 0.1) is 0 Å². The van der Waals surface area contributed by atoms with E-state index in [1.807, 2.05) is 12.1 Å². The zero-order valence-electron chi connectivity index (χ0n) is 15.9. The molecule has 0 spiro atoms. The predicted octanol–water partition coefficient (Wildman–Crippen LogP) is 5.24. The third kappa shape index (κ3) is 5.77. The van der Waals surface area contributed by atoms with Gasteiger partial charge in [-0.2, -0.15) is 0 Å². The molecule has 1 aliphatic heterocycles. The summed E-state index contributed by atoms with van der Waals surface area (Å²) >= 11 is 0. The van der Waals surface area contributed by atoms with Crippen molar-refractivity contribution in [2.45, 2.75) is 71.9 Å². The lowest BCUT2D eigenvalue weighted by atomic mass is 9.90. The Morgan fingerprint density at radius 1 is 1.25 bits per heavy atom. The van der Waals surface area contributed by atoms with Crippen molar-refractivity contribution in [3.63, 3.8) is 0 Å². The molecule has 24 heavy (non-hydrogen) atoms. The highest BCUT2D eigenvalue weighted by Crippen LogP contribution is 2.28. The molecule has 1 saturated heterocycles. The number of hydrogen-bond donors (Lipinski definition) is 1. The topological polar surface area (TPSA) is 15.3 Å². The minimum Gasteiger partial charge on any atom is -0.366 e. The SMILES string of the molecule is CC1CC1.CCC(C)N(c1cccc(F)c1)C(C)C1CCCNC1. The van der Waals surface area contributed by atoms with E-state index in [0.29, 0.717) is 18.0 Å². The van der Waals surface area contributed by atoms with Gasteiger partial charge in [-0.25, -0.2) is 4.39 Å². The molecule has 1 saturated carbocycles. The van der Waals surface area contributed by atoms with Crippen molar-refractivity contribution < 1.29 is 4.39 Å². The summed E-state index contributed by atoms with van der Waals surface area (Å²) in [6.07, 6.45) is 6.55. The Morgan fingerprint density at radius 3 is 2.46 bits per heavy atom. The Labute approximate surface area is 147 Å². The van der Waals surface area contributed by atoms with Gasteiger partial charge in [0, 0.05) is 17.8 Å². The summed E-state index contributed by atoms with van der Waals surface area (Å²) in [6.45, 7) is 11.2. The average Bonchev–Trinajstić information content (AvgIpc) is 3.38. The third-order valence-corrected chi connectivity index (χ3v) is 5.49. The van der Waals surface area contributed by atoms with Crippen LogP contribution in [0.25, 0.3) is 0 Å². The number of hydrogen-bond acceptors (Lipinski definition) is 2. The van der Waals surface area contributed by atoms with Crippen molar-refractivity contribution in [1.29, 1.82) is 0 Å². The van der Waals surface area contributed by atoms with E-state index in [0.717, 1.165) is 31.1 Å². The summed E-state index contributed by atoms with van der Waals surface area (Å²) in [6, 6.07) is 7.88. The van der Waals surface area contributed by atoms with Crippen LogP contribution in [-0.4, -0.2) is 25.2 Å². The van der Waals surface area contributed by atoms with Gasteiger partial charge in [0.25, 0.3) is 0 Å². The first kappa shape index (κ1) is 19.2. The molecule has 2 aliphatic rings. The molecule has 0 radical (unpaired) electrons. The second-order valence-corrected chi connectivity index (χ2v) is 7.67. The Morgan fingerprint density at radius 2 is 1.96 bits per heavy atom. The number of nitrogens with one attached hydrogen (secondary N) is 1. The van der Waals surface area contributed by atoms with Crippen LogP contribution in [0.15, 0.2) is 24.3 Å². The number of rotatable bonds is 5.